The van der Waals surface area contributed by atoms with Crippen LogP contribution in [0.2, 0.25) is 0 Å². The Labute approximate surface area is 151 Å². The van der Waals surface area contributed by atoms with Crippen molar-refractivity contribution in [3.8, 4) is 0 Å². The van der Waals surface area contributed by atoms with Crippen LogP contribution >= 0.6 is 11.3 Å². The Hall–Kier alpha value is -2.24. The summed E-state index contributed by atoms with van der Waals surface area (Å²) in [6, 6.07) is 16.2. The number of carbonyl (C=O) groups excluding carboxylic acids is 1. The highest BCUT2D eigenvalue weighted by Gasteiger charge is 2.06. The van der Waals surface area contributed by atoms with E-state index in [1.807, 2.05) is 42.5 Å². The van der Waals surface area contributed by atoms with Crippen LogP contribution in [0.4, 0.5) is 0 Å². The molecule has 0 atom stereocenters. The molecule has 0 saturated heterocycles. The Balaban J connectivity index is 1.40. The molecule has 1 heterocycles. The van der Waals surface area contributed by atoms with Crippen molar-refractivity contribution < 1.29 is 9.53 Å². The third-order valence-electron chi connectivity index (χ3n) is 3.96. The Morgan fingerprint density at radius 3 is 2.64 bits per heavy atom. The third-order valence-corrected chi connectivity index (χ3v) is 5.05. The number of rotatable bonds is 8. The van der Waals surface area contributed by atoms with Crippen molar-refractivity contribution in [2.24, 2.45) is 0 Å². The van der Waals surface area contributed by atoms with Gasteiger partial charge in [0.05, 0.1) is 21.8 Å². The van der Waals surface area contributed by atoms with Crippen molar-refractivity contribution in [3.05, 3.63) is 64.7 Å². The molecule has 5 heteroatoms. The zero-order valence-electron chi connectivity index (χ0n) is 14.3. The number of aryl methyl sites for hydroxylation is 1. The van der Waals surface area contributed by atoms with Crippen LogP contribution in [0.1, 0.15) is 29.0 Å². The highest BCUT2D eigenvalue weighted by molar-refractivity contribution is 7.18. The van der Waals surface area contributed by atoms with Crippen LogP contribution in [0, 0.1) is 0 Å². The SMILES string of the molecule is COCc1ccc(CNC(=O)CCCc2nc3ccccc3s2)cc1. The smallest absolute Gasteiger partial charge is 0.220 e. The average molecular weight is 354 g/mol. The number of methoxy groups -OCH3 is 1. The van der Waals surface area contributed by atoms with Gasteiger partial charge < -0.3 is 10.1 Å². The van der Waals surface area contributed by atoms with Crippen molar-refractivity contribution >= 4 is 27.5 Å². The molecule has 130 valence electrons. The quantitative estimate of drug-likeness (QED) is 0.663. The van der Waals surface area contributed by atoms with Gasteiger partial charge in [0.15, 0.2) is 0 Å². The van der Waals surface area contributed by atoms with E-state index in [0.717, 1.165) is 34.5 Å². The molecule has 0 radical (unpaired) electrons. The lowest BCUT2D eigenvalue weighted by Gasteiger charge is -2.06. The first kappa shape index (κ1) is 17.6. The van der Waals surface area contributed by atoms with Crippen LogP contribution in [0.25, 0.3) is 10.2 Å². The van der Waals surface area contributed by atoms with Crippen molar-refractivity contribution in [1.82, 2.24) is 10.3 Å². The fraction of sp³-hybridized carbons (Fsp3) is 0.300. The van der Waals surface area contributed by atoms with Gasteiger partial charge in [-0.1, -0.05) is 36.4 Å². The Morgan fingerprint density at radius 1 is 1.12 bits per heavy atom. The number of hydrogen-bond acceptors (Lipinski definition) is 4. The van der Waals surface area contributed by atoms with Crippen molar-refractivity contribution in [3.63, 3.8) is 0 Å². The minimum absolute atomic E-state index is 0.0853. The van der Waals surface area contributed by atoms with Gasteiger partial charge in [-0.3, -0.25) is 4.79 Å². The molecule has 0 saturated carbocycles. The van der Waals surface area contributed by atoms with Gasteiger partial charge >= 0.3 is 0 Å². The van der Waals surface area contributed by atoms with Crippen LogP contribution in [-0.4, -0.2) is 18.0 Å². The van der Waals surface area contributed by atoms with Gasteiger partial charge in [0.25, 0.3) is 0 Å². The zero-order chi connectivity index (χ0) is 17.5. The number of hydrogen-bond donors (Lipinski definition) is 1. The van der Waals surface area contributed by atoms with E-state index in [1.54, 1.807) is 18.4 Å². The Kier molecular flexibility index (Phi) is 6.14. The molecule has 4 nitrogen and oxygen atoms in total. The van der Waals surface area contributed by atoms with Crippen LogP contribution in [0.3, 0.4) is 0 Å². The number of nitrogens with one attached hydrogen (secondary N) is 1. The van der Waals surface area contributed by atoms with Crippen LogP contribution in [-0.2, 0) is 29.1 Å². The minimum atomic E-state index is 0.0853. The standard InChI is InChI=1S/C20H22N2O2S/c1-24-14-16-11-9-15(10-12-16)13-21-19(23)7-4-8-20-22-17-5-2-3-6-18(17)25-20/h2-3,5-6,9-12H,4,7-8,13-14H2,1H3,(H,21,23). The summed E-state index contributed by atoms with van der Waals surface area (Å²) in [6.45, 7) is 1.17. The van der Waals surface area contributed by atoms with Gasteiger partial charge in [-0.05, 0) is 36.1 Å². The monoisotopic (exact) mass is 354 g/mol. The predicted molar refractivity (Wildman–Crippen MR) is 102 cm³/mol. The number of benzene rings is 2. The second-order valence-electron chi connectivity index (χ2n) is 5.96. The lowest BCUT2D eigenvalue weighted by Crippen LogP contribution is -2.22. The van der Waals surface area contributed by atoms with Crippen molar-refractivity contribution in [2.45, 2.75) is 32.4 Å². The molecule has 0 spiro atoms. The molecule has 1 N–H and O–H groups in total. The average Bonchev–Trinajstić information content (AvgIpc) is 3.04. The number of para-hydroxylation sites is 1. The maximum Gasteiger partial charge on any atom is 0.220 e. The molecule has 0 aliphatic carbocycles. The van der Waals surface area contributed by atoms with Crippen molar-refractivity contribution in [1.29, 1.82) is 0 Å². The molecule has 1 aromatic heterocycles. The lowest BCUT2D eigenvalue weighted by molar-refractivity contribution is -0.121. The number of amides is 1. The Morgan fingerprint density at radius 2 is 1.88 bits per heavy atom. The predicted octanol–water partition coefficient (Wildman–Crippen LogP) is 4.08. The topological polar surface area (TPSA) is 51.2 Å². The first-order chi connectivity index (χ1) is 12.2. The van der Waals surface area contributed by atoms with E-state index in [1.165, 1.54) is 4.70 Å². The summed E-state index contributed by atoms with van der Waals surface area (Å²) >= 11 is 1.71. The number of nitrogens with zero attached hydrogens (tertiary/aromatic N) is 1. The van der Waals surface area contributed by atoms with Gasteiger partial charge in [-0.2, -0.15) is 0 Å². The summed E-state index contributed by atoms with van der Waals surface area (Å²) in [6.07, 6.45) is 2.19. The first-order valence-corrected chi connectivity index (χ1v) is 9.24. The van der Waals surface area contributed by atoms with Gasteiger partial charge in [0.1, 0.15) is 0 Å². The second kappa shape index (κ2) is 8.74. The number of fused-ring (bicyclic) bond motifs is 1. The lowest BCUT2D eigenvalue weighted by atomic mass is 10.1. The zero-order valence-corrected chi connectivity index (χ0v) is 15.1. The molecular formula is C20H22N2O2S. The molecule has 1 amide bonds. The fourth-order valence-corrected chi connectivity index (χ4v) is 3.65. The summed E-state index contributed by atoms with van der Waals surface area (Å²) in [5.41, 5.74) is 3.27. The third kappa shape index (κ3) is 5.11. The van der Waals surface area contributed by atoms with E-state index in [2.05, 4.69) is 16.4 Å². The molecule has 3 aromatic rings. The van der Waals surface area contributed by atoms with Gasteiger partial charge in [-0.15, -0.1) is 11.3 Å². The summed E-state index contributed by atoms with van der Waals surface area (Å²) in [7, 11) is 1.68. The number of aromatic nitrogens is 1. The summed E-state index contributed by atoms with van der Waals surface area (Å²) in [5, 5.41) is 4.08. The maximum atomic E-state index is 12.0. The maximum absolute atomic E-state index is 12.0. The van der Waals surface area contributed by atoms with E-state index in [0.29, 0.717) is 19.6 Å². The fourth-order valence-electron chi connectivity index (χ4n) is 2.64. The van der Waals surface area contributed by atoms with E-state index in [4.69, 9.17) is 4.74 Å². The van der Waals surface area contributed by atoms with Crippen molar-refractivity contribution in [2.75, 3.05) is 7.11 Å². The van der Waals surface area contributed by atoms with Crippen LogP contribution in [0.15, 0.2) is 48.5 Å². The molecule has 0 unspecified atom stereocenters. The molecule has 25 heavy (non-hydrogen) atoms. The summed E-state index contributed by atoms with van der Waals surface area (Å²) in [5.74, 6) is 0.0853. The summed E-state index contributed by atoms with van der Waals surface area (Å²) in [4.78, 5) is 16.6. The molecule has 0 aliphatic rings. The highest BCUT2D eigenvalue weighted by Crippen LogP contribution is 2.22. The second-order valence-corrected chi connectivity index (χ2v) is 7.07. The van der Waals surface area contributed by atoms with E-state index >= 15 is 0 Å². The molecular weight excluding hydrogens is 332 g/mol. The molecule has 0 bridgehead atoms. The number of thiazole rings is 1. The largest absolute Gasteiger partial charge is 0.380 e. The van der Waals surface area contributed by atoms with Crippen LogP contribution in [0.5, 0.6) is 0 Å². The van der Waals surface area contributed by atoms with Gasteiger partial charge in [0, 0.05) is 20.1 Å². The van der Waals surface area contributed by atoms with E-state index in [-0.39, 0.29) is 5.91 Å². The van der Waals surface area contributed by atoms with Gasteiger partial charge in [0.2, 0.25) is 5.91 Å². The van der Waals surface area contributed by atoms with Crippen LogP contribution < -0.4 is 5.32 Å². The number of ether oxygens (including phenoxy) is 1. The molecule has 0 fully saturated rings. The minimum Gasteiger partial charge on any atom is -0.380 e. The highest BCUT2D eigenvalue weighted by atomic mass is 32.1. The molecule has 3 rings (SSSR count). The first-order valence-electron chi connectivity index (χ1n) is 8.42. The van der Waals surface area contributed by atoms with E-state index in [9.17, 15) is 4.79 Å². The van der Waals surface area contributed by atoms with Gasteiger partial charge in [-0.25, -0.2) is 4.98 Å². The summed E-state index contributed by atoms with van der Waals surface area (Å²) < 4.78 is 6.30. The molecule has 0 aliphatic heterocycles. The van der Waals surface area contributed by atoms with E-state index < -0.39 is 0 Å². The normalized spacial score (nSPS) is 10.9. The Bertz CT molecular complexity index is 794. The molecule has 2 aromatic carbocycles. The number of carbonyl (C=O) groups is 1.